The Balaban J connectivity index is 2.62. The molecule has 1 atom stereocenters. The van der Waals surface area contributed by atoms with Gasteiger partial charge >= 0.3 is 0 Å². The number of methoxy groups -OCH3 is 1. The Morgan fingerprint density at radius 1 is 1.19 bits per heavy atom. The van der Waals surface area contributed by atoms with Crippen molar-refractivity contribution in [3.8, 4) is 0 Å². The molecule has 2 N–H and O–H groups in total. The van der Waals surface area contributed by atoms with E-state index in [0.717, 1.165) is 5.56 Å². The van der Waals surface area contributed by atoms with E-state index >= 15 is 0 Å². The van der Waals surface area contributed by atoms with Crippen LogP contribution in [0.15, 0.2) is 30.3 Å². The minimum atomic E-state index is -1.13. The van der Waals surface area contributed by atoms with Gasteiger partial charge in [0, 0.05) is 13.7 Å². The van der Waals surface area contributed by atoms with Crippen LogP contribution in [0.1, 0.15) is 32.4 Å². The molecule has 0 aromatic heterocycles. The Morgan fingerprint density at radius 2 is 1.81 bits per heavy atom. The average Bonchev–Trinajstić information content (AvgIpc) is 2.48. The maximum absolute atomic E-state index is 12.3. The molecule has 1 aromatic rings. The molecule has 2 amide bonds. The topological polar surface area (TPSA) is 67.4 Å². The summed E-state index contributed by atoms with van der Waals surface area (Å²) in [4.78, 5) is 24.4. The molecule has 1 rings (SSSR count). The Bertz CT molecular complexity index is 472. The third-order valence-electron chi connectivity index (χ3n) is 3.37. The van der Waals surface area contributed by atoms with Gasteiger partial charge in [-0.2, -0.15) is 0 Å². The van der Waals surface area contributed by atoms with Crippen molar-refractivity contribution >= 4 is 11.8 Å². The van der Waals surface area contributed by atoms with Gasteiger partial charge in [0.1, 0.15) is 5.41 Å². The minimum Gasteiger partial charge on any atom is -0.383 e. The van der Waals surface area contributed by atoms with Crippen LogP contribution in [0.25, 0.3) is 0 Å². The van der Waals surface area contributed by atoms with Crippen LogP contribution in [0.3, 0.4) is 0 Å². The molecular formula is C16H24N2O3. The summed E-state index contributed by atoms with van der Waals surface area (Å²) < 4.78 is 4.87. The number of nitrogens with one attached hydrogen (secondary N) is 2. The van der Waals surface area contributed by atoms with Crippen molar-refractivity contribution in [1.29, 1.82) is 0 Å². The van der Waals surface area contributed by atoms with Gasteiger partial charge in [-0.05, 0) is 26.3 Å². The van der Waals surface area contributed by atoms with Gasteiger partial charge in [0.25, 0.3) is 0 Å². The van der Waals surface area contributed by atoms with Gasteiger partial charge in [0.2, 0.25) is 11.8 Å². The van der Waals surface area contributed by atoms with E-state index < -0.39 is 5.41 Å². The van der Waals surface area contributed by atoms with Crippen LogP contribution in [0.2, 0.25) is 0 Å². The van der Waals surface area contributed by atoms with Crippen molar-refractivity contribution in [2.75, 3.05) is 20.3 Å². The van der Waals surface area contributed by atoms with Crippen LogP contribution in [0.4, 0.5) is 0 Å². The highest BCUT2D eigenvalue weighted by Gasteiger charge is 2.36. The molecule has 5 heteroatoms. The van der Waals surface area contributed by atoms with Crippen molar-refractivity contribution in [3.63, 3.8) is 0 Å². The number of hydrogen-bond donors (Lipinski definition) is 2. The number of carbonyl (C=O) groups excluding carboxylic acids is 2. The number of benzene rings is 1. The van der Waals surface area contributed by atoms with Gasteiger partial charge in [-0.15, -0.1) is 0 Å². The van der Waals surface area contributed by atoms with E-state index in [9.17, 15) is 9.59 Å². The van der Waals surface area contributed by atoms with E-state index in [2.05, 4.69) is 10.6 Å². The first-order chi connectivity index (χ1) is 9.89. The third kappa shape index (κ3) is 4.86. The van der Waals surface area contributed by atoms with Gasteiger partial charge in [-0.3, -0.25) is 9.59 Å². The van der Waals surface area contributed by atoms with Gasteiger partial charge < -0.3 is 15.4 Å². The average molecular weight is 292 g/mol. The highest BCUT2D eigenvalue weighted by atomic mass is 16.5. The Labute approximate surface area is 126 Å². The van der Waals surface area contributed by atoms with Crippen molar-refractivity contribution < 1.29 is 14.3 Å². The van der Waals surface area contributed by atoms with Crippen LogP contribution in [0, 0.1) is 5.41 Å². The lowest BCUT2D eigenvalue weighted by Gasteiger charge is -2.25. The summed E-state index contributed by atoms with van der Waals surface area (Å²) in [6.07, 6.45) is 0. The molecule has 0 aliphatic heterocycles. The smallest absolute Gasteiger partial charge is 0.235 e. The first-order valence-electron chi connectivity index (χ1n) is 7.02. The van der Waals surface area contributed by atoms with Crippen molar-refractivity contribution in [3.05, 3.63) is 35.9 Å². The predicted molar refractivity (Wildman–Crippen MR) is 81.7 cm³/mol. The molecule has 0 radical (unpaired) electrons. The Kier molecular flexibility index (Phi) is 6.37. The summed E-state index contributed by atoms with van der Waals surface area (Å²) in [5, 5.41) is 5.57. The number of rotatable bonds is 7. The fourth-order valence-corrected chi connectivity index (χ4v) is 1.79. The van der Waals surface area contributed by atoms with E-state index in [-0.39, 0.29) is 17.9 Å². The molecule has 0 aliphatic carbocycles. The lowest BCUT2D eigenvalue weighted by Crippen LogP contribution is -2.48. The summed E-state index contributed by atoms with van der Waals surface area (Å²) in [5.74, 6) is -0.605. The van der Waals surface area contributed by atoms with E-state index in [1.807, 2.05) is 37.3 Å². The zero-order valence-electron chi connectivity index (χ0n) is 13.1. The van der Waals surface area contributed by atoms with Crippen molar-refractivity contribution in [1.82, 2.24) is 10.6 Å². The largest absolute Gasteiger partial charge is 0.383 e. The summed E-state index contributed by atoms with van der Waals surface area (Å²) in [6, 6.07) is 9.49. The minimum absolute atomic E-state index is 0.148. The normalized spacial score (nSPS) is 12.6. The maximum atomic E-state index is 12.3. The molecule has 0 saturated heterocycles. The summed E-state index contributed by atoms with van der Waals surface area (Å²) in [7, 11) is 1.56. The van der Waals surface area contributed by atoms with Crippen LogP contribution < -0.4 is 10.6 Å². The molecule has 116 valence electrons. The standard InChI is InChI=1S/C16H24N2O3/c1-12(13-8-6-5-7-9-13)18-15(20)16(2,3)14(19)17-10-11-21-4/h5-9,12H,10-11H2,1-4H3,(H,17,19)(H,18,20). The number of amides is 2. The molecule has 5 nitrogen and oxygen atoms in total. The van der Waals surface area contributed by atoms with E-state index in [1.54, 1.807) is 21.0 Å². The first kappa shape index (κ1) is 17.2. The third-order valence-corrected chi connectivity index (χ3v) is 3.37. The zero-order valence-corrected chi connectivity index (χ0v) is 13.1. The second kappa shape index (κ2) is 7.78. The highest BCUT2D eigenvalue weighted by molar-refractivity contribution is 6.04. The second-order valence-electron chi connectivity index (χ2n) is 5.48. The molecule has 0 fully saturated rings. The molecule has 0 bridgehead atoms. The van der Waals surface area contributed by atoms with Gasteiger partial charge in [-0.25, -0.2) is 0 Å². The van der Waals surface area contributed by atoms with Crippen LogP contribution in [0.5, 0.6) is 0 Å². The highest BCUT2D eigenvalue weighted by Crippen LogP contribution is 2.19. The Morgan fingerprint density at radius 3 is 2.38 bits per heavy atom. The molecule has 0 aliphatic rings. The fraction of sp³-hybridized carbons (Fsp3) is 0.500. The van der Waals surface area contributed by atoms with Crippen molar-refractivity contribution in [2.45, 2.75) is 26.8 Å². The molecule has 1 unspecified atom stereocenters. The van der Waals surface area contributed by atoms with Crippen LogP contribution in [-0.4, -0.2) is 32.1 Å². The SMILES string of the molecule is COCCNC(=O)C(C)(C)C(=O)NC(C)c1ccccc1. The maximum Gasteiger partial charge on any atom is 0.235 e. The van der Waals surface area contributed by atoms with Crippen LogP contribution >= 0.6 is 0 Å². The summed E-state index contributed by atoms with van der Waals surface area (Å²) >= 11 is 0. The lowest BCUT2D eigenvalue weighted by molar-refractivity contribution is -0.141. The van der Waals surface area contributed by atoms with Gasteiger partial charge in [-0.1, -0.05) is 30.3 Å². The van der Waals surface area contributed by atoms with Crippen molar-refractivity contribution in [2.24, 2.45) is 5.41 Å². The first-order valence-corrected chi connectivity index (χ1v) is 7.02. The Hall–Kier alpha value is -1.88. The fourth-order valence-electron chi connectivity index (χ4n) is 1.79. The molecular weight excluding hydrogens is 268 g/mol. The monoisotopic (exact) mass is 292 g/mol. The van der Waals surface area contributed by atoms with Gasteiger partial charge in [0.15, 0.2) is 0 Å². The molecule has 1 aromatic carbocycles. The molecule has 0 saturated carbocycles. The summed E-state index contributed by atoms with van der Waals surface area (Å²) in [5.41, 5.74) is -0.127. The molecule has 0 heterocycles. The van der Waals surface area contributed by atoms with E-state index in [0.29, 0.717) is 13.2 Å². The second-order valence-corrected chi connectivity index (χ2v) is 5.48. The predicted octanol–water partition coefficient (Wildman–Crippen LogP) is 1.65. The number of carbonyl (C=O) groups is 2. The quantitative estimate of drug-likeness (QED) is 0.593. The number of ether oxygens (including phenoxy) is 1. The molecule has 21 heavy (non-hydrogen) atoms. The number of hydrogen-bond acceptors (Lipinski definition) is 3. The molecule has 0 spiro atoms. The lowest BCUT2D eigenvalue weighted by atomic mass is 9.90. The summed E-state index contributed by atoms with van der Waals surface area (Å²) in [6.45, 7) is 5.93. The van der Waals surface area contributed by atoms with E-state index in [4.69, 9.17) is 4.74 Å². The van der Waals surface area contributed by atoms with Gasteiger partial charge in [0.05, 0.1) is 12.6 Å². The zero-order chi connectivity index (χ0) is 15.9. The van der Waals surface area contributed by atoms with Crippen LogP contribution in [-0.2, 0) is 14.3 Å². The van der Waals surface area contributed by atoms with E-state index in [1.165, 1.54) is 0 Å².